The van der Waals surface area contributed by atoms with E-state index in [-0.39, 0.29) is 0 Å². The van der Waals surface area contributed by atoms with Crippen molar-refractivity contribution in [3.05, 3.63) is 48.0 Å². The van der Waals surface area contributed by atoms with Crippen LogP contribution in [0.1, 0.15) is 18.5 Å². The number of pyridine rings is 1. The predicted octanol–water partition coefficient (Wildman–Crippen LogP) is 1.91. The summed E-state index contributed by atoms with van der Waals surface area (Å²) in [6, 6.07) is 1.10. The van der Waals surface area contributed by atoms with Crippen molar-refractivity contribution in [2.24, 2.45) is 5.73 Å². The second-order valence-electron chi connectivity index (χ2n) is 4.79. The van der Waals surface area contributed by atoms with E-state index in [1.807, 2.05) is 12.3 Å². The number of hydrogen-bond acceptors (Lipinski definition) is 6. The molecule has 3 N–H and O–H groups in total. The molecule has 0 aromatic carbocycles. The van der Waals surface area contributed by atoms with Crippen LogP contribution >= 0.6 is 11.3 Å². The molecule has 0 bridgehead atoms. The molecule has 0 spiro atoms. The fourth-order valence-electron chi connectivity index (χ4n) is 2.44. The zero-order chi connectivity index (χ0) is 16.2. The summed E-state index contributed by atoms with van der Waals surface area (Å²) in [5.41, 5.74) is 7.22. The summed E-state index contributed by atoms with van der Waals surface area (Å²) in [7, 11) is 0. The molecule has 23 heavy (non-hydrogen) atoms. The monoisotopic (exact) mass is 328 g/mol. The summed E-state index contributed by atoms with van der Waals surface area (Å²) in [5.74, 6) is 0.147. The molecule has 0 saturated heterocycles. The van der Waals surface area contributed by atoms with Gasteiger partial charge in [0.15, 0.2) is 10.8 Å². The second-order valence-corrected chi connectivity index (χ2v) is 5.69. The quantitative estimate of drug-likeness (QED) is 0.720. The van der Waals surface area contributed by atoms with Crippen molar-refractivity contribution in [3.8, 4) is 10.8 Å². The zero-order valence-electron chi connectivity index (χ0n) is 12.5. The van der Waals surface area contributed by atoms with Crippen LogP contribution in [-0.4, -0.2) is 32.0 Å². The van der Waals surface area contributed by atoms with Crippen molar-refractivity contribution in [2.45, 2.75) is 13.0 Å². The van der Waals surface area contributed by atoms with Gasteiger partial charge in [0.05, 0.1) is 11.9 Å². The van der Waals surface area contributed by atoms with Gasteiger partial charge in [0.25, 0.3) is 0 Å². The van der Waals surface area contributed by atoms with E-state index < -0.39 is 11.9 Å². The largest absolute Gasteiger partial charge is 0.384 e. The molecule has 0 saturated carbocycles. The van der Waals surface area contributed by atoms with Crippen LogP contribution in [0.4, 0.5) is 5.69 Å². The number of thiazole rings is 1. The van der Waals surface area contributed by atoms with Gasteiger partial charge in [0.1, 0.15) is 6.04 Å². The second kappa shape index (κ2) is 6.57. The Kier molecular flexibility index (Phi) is 4.33. The first-order valence-electron chi connectivity index (χ1n) is 7.12. The molecule has 3 aromatic heterocycles. The van der Waals surface area contributed by atoms with E-state index in [1.165, 1.54) is 11.3 Å². The van der Waals surface area contributed by atoms with Crippen LogP contribution < -0.4 is 11.1 Å². The van der Waals surface area contributed by atoms with E-state index >= 15 is 0 Å². The molecule has 0 radical (unpaired) electrons. The van der Waals surface area contributed by atoms with E-state index in [1.54, 1.807) is 41.6 Å². The van der Waals surface area contributed by atoms with Crippen LogP contribution in [0.25, 0.3) is 10.8 Å². The Morgan fingerprint density at radius 1 is 1.39 bits per heavy atom. The third kappa shape index (κ3) is 2.93. The summed E-state index contributed by atoms with van der Waals surface area (Å²) in [5, 5.41) is 5.81. The van der Waals surface area contributed by atoms with Gasteiger partial charge in [-0.25, -0.2) is 9.97 Å². The highest BCUT2D eigenvalue weighted by molar-refractivity contribution is 7.13. The van der Waals surface area contributed by atoms with Gasteiger partial charge >= 0.3 is 0 Å². The maximum atomic E-state index is 12.2. The first-order valence-corrected chi connectivity index (χ1v) is 8.00. The van der Waals surface area contributed by atoms with Crippen molar-refractivity contribution in [1.82, 2.24) is 19.5 Å². The Bertz CT molecular complexity index is 798. The van der Waals surface area contributed by atoms with Gasteiger partial charge < -0.3 is 15.6 Å². The number of amides is 1. The molecular formula is C15H16N6OS. The Morgan fingerprint density at radius 3 is 2.96 bits per heavy atom. The van der Waals surface area contributed by atoms with Crippen LogP contribution in [0.5, 0.6) is 0 Å². The number of nitrogens with one attached hydrogen (secondary N) is 1. The molecule has 1 unspecified atom stereocenters. The molecule has 3 aromatic rings. The van der Waals surface area contributed by atoms with Gasteiger partial charge in [-0.1, -0.05) is 0 Å². The van der Waals surface area contributed by atoms with Crippen LogP contribution in [0.3, 0.4) is 0 Å². The minimum atomic E-state index is -0.687. The number of hydrogen-bond donors (Lipinski definition) is 2. The Balaban J connectivity index is 2.12. The SMILES string of the molecule is CCNc1cnccc1C(C(N)=O)n1ccnc1-c1nccs1. The molecule has 1 amide bonds. The number of carbonyl (C=O) groups excluding carboxylic acids is 1. The Labute approximate surface area is 137 Å². The van der Waals surface area contributed by atoms with Gasteiger partial charge in [-0.3, -0.25) is 9.78 Å². The summed E-state index contributed by atoms with van der Waals surface area (Å²) in [6.45, 7) is 2.70. The van der Waals surface area contributed by atoms with Crippen LogP contribution in [0.2, 0.25) is 0 Å². The first-order chi connectivity index (χ1) is 11.2. The lowest BCUT2D eigenvalue weighted by molar-refractivity contribution is -0.120. The van der Waals surface area contributed by atoms with Crippen molar-refractivity contribution >= 4 is 22.9 Å². The normalized spacial score (nSPS) is 12.0. The smallest absolute Gasteiger partial charge is 0.245 e. The maximum Gasteiger partial charge on any atom is 0.245 e. The van der Waals surface area contributed by atoms with Gasteiger partial charge in [-0.05, 0) is 13.0 Å². The average molecular weight is 328 g/mol. The average Bonchev–Trinajstić information content (AvgIpc) is 3.20. The minimum absolute atomic E-state index is 0.467. The highest BCUT2D eigenvalue weighted by atomic mass is 32.1. The number of rotatable bonds is 6. The van der Waals surface area contributed by atoms with E-state index in [0.29, 0.717) is 12.4 Å². The maximum absolute atomic E-state index is 12.2. The third-order valence-corrected chi connectivity index (χ3v) is 4.13. The van der Waals surface area contributed by atoms with Crippen LogP contribution in [0, 0.1) is 0 Å². The molecule has 3 rings (SSSR count). The number of carbonyl (C=O) groups is 1. The highest BCUT2D eigenvalue weighted by Gasteiger charge is 2.26. The fourth-order valence-corrected chi connectivity index (χ4v) is 3.08. The molecule has 3 heterocycles. The lowest BCUT2D eigenvalue weighted by Gasteiger charge is -2.20. The van der Waals surface area contributed by atoms with Crippen molar-refractivity contribution < 1.29 is 4.79 Å². The zero-order valence-corrected chi connectivity index (χ0v) is 13.3. The van der Waals surface area contributed by atoms with Crippen molar-refractivity contribution in [1.29, 1.82) is 0 Å². The molecule has 7 nitrogen and oxygen atoms in total. The highest BCUT2D eigenvalue weighted by Crippen LogP contribution is 2.30. The van der Waals surface area contributed by atoms with E-state index in [9.17, 15) is 4.79 Å². The van der Waals surface area contributed by atoms with Crippen molar-refractivity contribution in [2.75, 3.05) is 11.9 Å². The topological polar surface area (TPSA) is 98.7 Å². The molecule has 0 aliphatic heterocycles. The molecule has 8 heteroatoms. The van der Waals surface area contributed by atoms with Gasteiger partial charge in [-0.15, -0.1) is 11.3 Å². The Hall–Kier alpha value is -2.74. The van der Waals surface area contributed by atoms with Crippen LogP contribution in [-0.2, 0) is 4.79 Å². The number of nitrogens with zero attached hydrogens (tertiary/aromatic N) is 4. The molecule has 118 valence electrons. The van der Waals surface area contributed by atoms with Gasteiger partial charge in [0.2, 0.25) is 5.91 Å². The summed E-state index contributed by atoms with van der Waals surface area (Å²) >= 11 is 1.46. The van der Waals surface area contributed by atoms with Gasteiger partial charge in [-0.2, -0.15) is 0 Å². The molecule has 1 atom stereocenters. The summed E-state index contributed by atoms with van der Waals surface area (Å²) < 4.78 is 1.75. The number of nitrogens with two attached hydrogens (primary N) is 1. The van der Waals surface area contributed by atoms with Gasteiger partial charge in [0, 0.05) is 42.3 Å². The standard InChI is InChI=1S/C15H16N6OS/c1-2-18-11-9-17-4-3-10(11)12(13(16)22)21-7-5-19-14(21)15-20-6-8-23-15/h3-9,12,18H,2H2,1H3,(H2,16,22). The molecule has 0 aliphatic rings. The fraction of sp³-hybridized carbons (Fsp3) is 0.200. The van der Waals surface area contributed by atoms with E-state index in [0.717, 1.165) is 16.3 Å². The number of primary amides is 1. The molecular weight excluding hydrogens is 312 g/mol. The van der Waals surface area contributed by atoms with Crippen LogP contribution in [0.15, 0.2) is 42.4 Å². The Morgan fingerprint density at radius 2 is 2.26 bits per heavy atom. The first kappa shape index (κ1) is 15.2. The molecule has 0 aliphatic carbocycles. The molecule has 0 fully saturated rings. The number of anilines is 1. The number of aromatic nitrogens is 4. The lowest BCUT2D eigenvalue weighted by atomic mass is 10.1. The summed E-state index contributed by atoms with van der Waals surface area (Å²) in [4.78, 5) is 24.9. The minimum Gasteiger partial charge on any atom is -0.384 e. The lowest BCUT2D eigenvalue weighted by Crippen LogP contribution is -2.28. The van der Waals surface area contributed by atoms with Crippen molar-refractivity contribution in [3.63, 3.8) is 0 Å². The third-order valence-electron chi connectivity index (χ3n) is 3.36. The number of imidazole rings is 1. The summed E-state index contributed by atoms with van der Waals surface area (Å²) in [6.07, 6.45) is 8.42. The predicted molar refractivity (Wildman–Crippen MR) is 89.1 cm³/mol. The van der Waals surface area contributed by atoms with E-state index in [4.69, 9.17) is 5.73 Å². The van der Waals surface area contributed by atoms with E-state index in [2.05, 4.69) is 20.3 Å².